The van der Waals surface area contributed by atoms with E-state index in [2.05, 4.69) is 22.0 Å². The number of amides is 1. The molecule has 0 spiro atoms. The minimum atomic E-state index is -0.177. The molecular formula is C27H29N3O3. The first-order valence-electron chi connectivity index (χ1n) is 10.9. The van der Waals surface area contributed by atoms with Gasteiger partial charge in [0.15, 0.2) is 0 Å². The average Bonchev–Trinajstić information content (AvgIpc) is 3.15. The Morgan fingerprint density at radius 1 is 1.03 bits per heavy atom. The molecule has 33 heavy (non-hydrogen) atoms. The SMILES string of the molecule is COc1ccc(-n2c(CNC(=O)c3c(C)cc(C)c(CO)c3C)nc3cc(C)ccc32)cc1. The fraction of sp³-hybridized carbons (Fsp3) is 0.259. The number of methoxy groups -OCH3 is 1. The lowest BCUT2D eigenvalue weighted by atomic mass is 9.93. The zero-order valence-corrected chi connectivity index (χ0v) is 19.7. The number of carbonyl (C=O) groups excluding carboxylic acids is 1. The van der Waals surface area contributed by atoms with Crippen molar-refractivity contribution in [2.45, 2.75) is 40.8 Å². The third-order valence-electron chi connectivity index (χ3n) is 6.13. The van der Waals surface area contributed by atoms with E-state index in [0.717, 1.165) is 56.1 Å². The van der Waals surface area contributed by atoms with Gasteiger partial charge in [0.2, 0.25) is 0 Å². The van der Waals surface area contributed by atoms with Crippen LogP contribution < -0.4 is 10.1 Å². The highest BCUT2D eigenvalue weighted by Crippen LogP contribution is 2.25. The summed E-state index contributed by atoms with van der Waals surface area (Å²) in [4.78, 5) is 18.0. The largest absolute Gasteiger partial charge is 0.497 e. The van der Waals surface area contributed by atoms with E-state index in [-0.39, 0.29) is 19.1 Å². The number of nitrogens with zero attached hydrogens (tertiary/aromatic N) is 2. The molecule has 0 atom stereocenters. The number of fused-ring (bicyclic) bond motifs is 1. The molecule has 0 aliphatic heterocycles. The Morgan fingerprint density at radius 3 is 2.42 bits per heavy atom. The van der Waals surface area contributed by atoms with Crippen molar-refractivity contribution in [3.05, 3.63) is 87.7 Å². The summed E-state index contributed by atoms with van der Waals surface area (Å²) in [6.07, 6.45) is 0. The summed E-state index contributed by atoms with van der Waals surface area (Å²) in [6.45, 7) is 7.97. The van der Waals surface area contributed by atoms with Crippen LogP contribution in [0.3, 0.4) is 0 Å². The molecule has 0 bridgehead atoms. The molecule has 4 aromatic rings. The molecule has 4 rings (SSSR count). The minimum absolute atomic E-state index is 0.0924. The maximum atomic E-state index is 13.2. The topological polar surface area (TPSA) is 76.4 Å². The molecular weight excluding hydrogens is 414 g/mol. The lowest BCUT2D eigenvalue weighted by molar-refractivity contribution is 0.0948. The molecule has 0 saturated carbocycles. The summed E-state index contributed by atoms with van der Waals surface area (Å²) in [5, 5.41) is 12.8. The summed E-state index contributed by atoms with van der Waals surface area (Å²) >= 11 is 0. The smallest absolute Gasteiger partial charge is 0.252 e. The number of benzene rings is 3. The number of nitrogens with one attached hydrogen (secondary N) is 1. The van der Waals surface area contributed by atoms with E-state index in [0.29, 0.717) is 5.56 Å². The van der Waals surface area contributed by atoms with E-state index in [1.807, 2.05) is 64.1 Å². The number of hydrogen-bond donors (Lipinski definition) is 2. The Bertz CT molecular complexity index is 1340. The summed E-state index contributed by atoms with van der Waals surface area (Å²) in [5.41, 5.74) is 8.00. The molecule has 0 unspecified atom stereocenters. The summed E-state index contributed by atoms with van der Waals surface area (Å²) in [5.74, 6) is 1.34. The van der Waals surface area contributed by atoms with Crippen LogP contribution in [0.5, 0.6) is 5.75 Å². The Hall–Kier alpha value is -3.64. The molecule has 6 nitrogen and oxygen atoms in total. The van der Waals surface area contributed by atoms with E-state index < -0.39 is 0 Å². The third kappa shape index (κ3) is 4.22. The van der Waals surface area contributed by atoms with Crippen molar-refractivity contribution in [1.82, 2.24) is 14.9 Å². The summed E-state index contributed by atoms with van der Waals surface area (Å²) in [7, 11) is 1.64. The Labute approximate surface area is 193 Å². The number of aliphatic hydroxyl groups excluding tert-OH is 1. The van der Waals surface area contributed by atoms with E-state index in [4.69, 9.17) is 9.72 Å². The highest BCUT2D eigenvalue weighted by Gasteiger charge is 2.19. The predicted octanol–water partition coefficient (Wildman–Crippen LogP) is 4.69. The first-order valence-corrected chi connectivity index (χ1v) is 10.9. The second-order valence-electron chi connectivity index (χ2n) is 8.38. The molecule has 0 saturated heterocycles. The van der Waals surface area contributed by atoms with Gasteiger partial charge in [-0.05, 0) is 91.9 Å². The van der Waals surface area contributed by atoms with Gasteiger partial charge < -0.3 is 15.2 Å². The van der Waals surface area contributed by atoms with Gasteiger partial charge >= 0.3 is 0 Å². The first kappa shape index (κ1) is 22.6. The van der Waals surface area contributed by atoms with Crippen LogP contribution in [0.25, 0.3) is 16.7 Å². The quantitative estimate of drug-likeness (QED) is 0.453. The summed E-state index contributed by atoms with van der Waals surface area (Å²) < 4.78 is 7.36. The van der Waals surface area contributed by atoms with Gasteiger partial charge in [0.05, 0.1) is 31.3 Å². The van der Waals surface area contributed by atoms with Crippen molar-refractivity contribution in [1.29, 1.82) is 0 Å². The molecule has 6 heteroatoms. The molecule has 170 valence electrons. The number of imidazole rings is 1. The van der Waals surface area contributed by atoms with Crippen LogP contribution in [0.2, 0.25) is 0 Å². The monoisotopic (exact) mass is 443 g/mol. The van der Waals surface area contributed by atoms with E-state index in [1.54, 1.807) is 7.11 Å². The van der Waals surface area contributed by atoms with Gasteiger partial charge in [0, 0.05) is 11.3 Å². The fourth-order valence-corrected chi connectivity index (χ4v) is 4.44. The zero-order chi connectivity index (χ0) is 23.7. The molecule has 0 fully saturated rings. The van der Waals surface area contributed by atoms with Gasteiger partial charge in [0.1, 0.15) is 11.6 Å². The van der Waals surface area contributed by atoms with Crippen molar-refractivity contribution in [2.75, 3.05) is 7.11 Å². The Morgan fingerprint density at radius 2 is 1.76 bits per heavy atom. The van der Waals surface area contributed by atoms with Crippen molar-refractivity contribution in [3.8, 4) is 11.4 Å². The van der Waals surface area contributed by atoms with Crippen LogP contribution in [-0.2, 0) is 13.2 Å². The predicted molar refractivity (Wildman–Crippen MR) is 130 cm³/mol. The first-order chi connectivity index (χ1) is 15.8. The van der Waals surface area contributed by atoms with E-state index in [9.17, 15) is 9.90 Å². The van der Waals surface area contributed by atoms with Crippen LogP contribution in [0.4, 0.5) is 0 Å². The van der Waals surface area contributed by atoms with Crippen LogP contribution in [0.15, 0.2) is 48.5 Å². The molecule has 1 amide bonds. The fourth-order valence-electron chi connectivity index (χ4n) is 4.44. The Kier molecular flexibility index (Phi) is 6.20. The van der Waals surface area contributed by atoms with Gasteiger partial charge in [-0.3, -0.25) is 9.36 Å². The van der Waals surface area contributed by atoms with Crippen LogP contribution in [-0.4, -0.2) is 27.7 Å². The molecule has 2 N–H and O–H groups in total. The standard InChI is InChI=1S/C27H29N3O3/c1-16-6-11-24-23(12-16)29-25(30(24)20-7-9-21(33-5)10-8-20)14-28-27(32)26-18(3)13-17(2)22(15-31)19(26)4/h6-13,31H,14-15H2,1-5H3,(H,28,32). The minimum Gasteiger partial charge on any atom is -0.497 e. The van der Waals surface area contributed by atoms with Crippen LogP contribution in [0, 0.1) is 27.7 Å². The normalized spacial score (nSPS) is 11.1. The number of aromatic nitrogens is 2. The van der Waals surface area contributed by atoms with Crippen molar-refractivity contribution in [2.24, 2.45) is 0 Å². The molecule has 0 aliphatic carbocycles. The number of carbonyl (C=O) groups is 1. The van der Waals surface area contributed by atoms with Gasteiger partial charge in [-0.1, -0.05) is 12.1 Å². The lowest BCUT2D eigenvalue weighted by Gasteiger charge is -2.16. The maximum absolute atomic E-state index is 13.2. The lowest BCUT2D eigenvalue weighted by Crippen LogP contribution is -2.26. The van der Waals surface area contributed by atoms with Crippen LogP contribution >= 0.6 is 0 Å². The maximum Gasteiger partial charge on any atom is 0.252 e. The van der Waals surface area contributed by atoms with E-state index in [1.165, 1.54) is 0 Å². The van der Waals surface area contributed by atoms with Crippen molar-refractivity contribution < 1.29 is 14.6 Å². The van der Waals surface area contributed by atoms with Crippen LogP contribution in [0.1, 0.15) is 44.0 Å². The molecule has 0 aliphatic rings. The zero-order valence-electron chi connectivity index (χ0n) is 19.7. The second kappa shape index (κ2) is 9.08. The van der Waals surface area contributed by atoms with Crippen molar-refractivity contribution in [3.63, 3.8) is 0 Å². The molecule has 1 aromatic heterocycles. The highest BCUT2D eigenvalue weighted by molar-refractivity contribution is 5.97. The average molecular weight is 444 g/mol. The number of ether oxygens (including phenoxy) is 1. The molecule has 0 radical (unpaired) electrons. The number of rotatable bonds is 6. The number of aliphatic hydroxyl groups is 1. The molecule has 3 aromatic carbocycles. The van der Waals surface area contributed by atoms with E-state index >= 15 is 0 Å². The Balaban J connectivity index is 1.71. The third-order valence-corrected chi connectivity index (χ3v) is 6.13. The van der Waals surface area contributed by atoms with Gasteiger partial charge in [-0.2, -0.15) is 0 Å². The highest BCUT2D eigenvalue weighted by atomic mass is 16.5. The number of aryl methyl sites for hydroxylation is 3. The van der Waals surface area contributed by atoms with Gasteiger partial charge in [-0.25, -0.2) is 4.98 Å². The van der Waals surface area contributed by atoms with Gasteiger partial charge in [-0.15, -0.1) is 0 Å². The van der Waals surface area contributed by atoms with Crippen molar-refractivity contribution >= 4 is 16.9 Å². The summed E-state index contributed by atoms with van der Waals surface area (Å²) in [6, 6.07) is 15.9. The second-order valence-corrected chi connectivity index (χ2v) is 8.38. The van der Waals surface area contributed by atoms with Gasteiger partial charge in [0.25, 0.3) is 5.91 Å². The number of hydrogen-bond acceptors (Lipinski definition) is 4. The molecule has 1 heterocycles.